The molecule has 6 saturated carbocycles. The van der Waals surface area contributed by atoms with Crippen molar-refractivity contribution < 1.29 is 83.2 Å². The molecule has 20 atom stereocenters. The van der Waals surface area contributed by atoms with E-state index in [0.29, 0.717) is 65.3 Å². The topological polar surface area (TPSA) is 200 Å². The Balaban J connectivity index is 0.000000180. The number of nitrogens with zero attached hydrogens (tertiary/aromatic N) is 3. The number of amides is 2. The molecule has 14 rings (SSSR count). The van der Waals surface area contributed by atoms with Gasteiger partial charge in [0.25, 0.3) is 0 Å². The Morgan fingerprint density at radius 3 is 1.48 bits per heavy atom. The van der Waals surface area contributed by atoms with E-state index in [1.54, 1.807) is 22.3 Å². The summed E-state index contributed by atoms with van der Waals surface area (Å²) in [4.78, 5) is 53.5. The van der Waals surface area contributed by atoms with Gasteiger partial charge in [-0.2, -0.15) is 0 Å². The van der Waals surface area contributed by atoms with Gasteiger partial charge in [0.05, 0.1) is 41.2 Å². The molecule has 3 N–H and O–H groups in total. The number of piperidine rings is 2. The second kappa shape index (κ2) is 28.9. The summed E-state index contributed by atoms with van der Waals surface area (Å²) in [5.41, 5.74) is 9.94. The van der Waals surface area contributed by atoms with E-state index in [0.717, 1.165) is 131 Å². The number of carbonyl (C=O) groups excluding carboxylic acids is 4. The summed E-state index contributed by atoms with van der Waals surface area (Å²) in [6.45, 7) is 22.2. The zero-order valence-corrected chi connectivity index (χ0v) is 59.0. The Hall–Kier alpha value is -3.80. The van der Waals surface area contributed by atoms with Crippen LogP contribution in [0.15, 0.2) is 88.1 Å². The minimum absolute atomic E-state index is 0. The molecule has 4 heterocycles. The van der Waals surface area contributed by atoms with Crippen molar-refractivity contribution in [1.82, 2.24) is 14.8 Å². The molecule has 0 unspecified atom stereocenters. The number of aliphatic carboxylic acids is 1. The van der Waals surface area contributed by atoms with E-state index in [1.807, 2.05) is 70.5 Å². The molecule has 91 heavy (non-hydrogen) atoms. The maximum atomic E-state index is 13.5. The van der Waals surface area contributed by atoms with Crippen LogP contribution in [0, 0.1) is 81.8 Å². The van der Waals surface area contributed by atoms with Crippen molar-refractivity contribution in [3.63, 3.8) is 0 Å². The first-order valence-electron chi connectivity index (χ1n) is 34.6. The van der Waals surface area contributed by atoms with Crippen molar-refractivity contribution in [2.75, 3.05) is 13.1 Å². The first-order valence-corrected chi connectivity index (χ1v) is 35.0. The number of hydrogen-bond donors (Lipinski definition) is 3. The average molecular weight is 1280 g/mol. The van der Waals surface area contributed by atoms with Crippen molar-refractivity contribution in [3.05, 3.63) is 94.1 Å². The maximum Gasteiger partial charge on any atom is 1.00 e. The number of halogens is 1. The number of benzene rings is 2. The van der Waals surface area contributed by atoms with Crippen LogP contribution in [0.1, 0.15) is 202 Å². The van der Waals surface area contributed by atoms with Crippen LogP contribution >= 0.6 is 11.8 Å². The molecule has 8 aliphatic carbocycles. The molecule has 0 radical (unpaired) electrons. The van der Waals surface area contributed by atoms with E-state index in [9.17, 15) is 19.6 Å². The van der Waals surface area contributed by atoms with Gasteiger partial charge in [-0.15, -0.1) is 5.00 Å². The monoisotopic (exact) mass is 1280 g/mol. The number of likely N-dealkylation sites (tertiary alicyclic amines) is 2. The molecular formula is C74H104ClN4NaO11. The van der Waals surface area contributed by atoms with Gasteiger partial charge >= 0.3 is 41.7 Å². The third kappa shape index (κ3) is 13.8. The summed E-state index contributed by atoms with van der Waals surface area (Å²) in [6, 6.07) is 20.1. The number of allylic oxidation sites excluding steroid dienone is 2. The molecule has 494 valence electrons. The molecule has 0 aromatic heterocycles. The van der Waals surface area contributed by atoms with Gasteiger partial charge in [0.15, 0.2) is 0 Å². The van der Waals surface area contributed by atoms with Gasteiger partial charge in [0.1, 0.15) is 19.0 Å². The van der Waals surface area contributed by atoms with Gasteiger partial charge in [-0.05, 0) is 217 Å². The number of oxime groups is 1. The molecule has 15 nitrogen and oxygen atoms in total. The van der Waals surface area contributed by atoms with Gasteiger partial charge in [0.2, 0.25) is 0 Å². The Bertz CT molecular complexity index is 3020. The van der Waals surface area contributed by atoms with E-state index in [4.69, 9.17) is 34.1 Å². The van der Waals surface area contributed by atoms with Crippen LogP contribution in [0.25, 0.3) is 0 Å². The van der Waals surface area contributed by atoms with Crippen LogP contribution in [-0.4, -0.2) is 98.4 Å². The van der Waals surface area contributed by atoms with E-state index >= 15 is 0 Å². The Labute approximate surface area is 569 Å². The molecule has 2 amide bonds. The van der Waals surface area contributed by atoms with Crippen LogP contribution < -0.4 is 39.7 Å². The zero-order chi connectivity index (χ0) is 64.0. The number of carboxylic acids is 1. The second-order valence-corrected chi connectivity index (χ2v) is 31.2. The number of ether oxygens (including phenoxy) is 4. The summed E-state index contributed by atoms with van der Waals surface area (Å²) >= 11 is 4.30. The molecule has 17 heteroatoms. The molecule has 2 aromatic carbocycles. The number of hydrogen-bond acceptors (Lipinski definition) is 13. The summed E-state index contributed by atoms with van der Waals surface area (Å²) in [6.07, 6.45) is 21.7. The fraction of sp³-hybridized carbons (Fsp3) is 0.716. The van der Waals surface area contributed by atoms with Gasteiger partial charge in [-0.1, -0.05) is 130 Å². The standard InChI is InChI=1S/C36H50N2O4.C36H49NO4.C2H4O2.ClH2NO.Na/c1-22-16-32-33(38(20-22)34(39)41-21-25-8-6-5-7-9-25)24(3)36(42-32)15-13-28-29-11-10-26-17-27(37-40)12-14-35(26,4)31(29)18-30(28)23(2)19-36;1-22-16-32-33(37(20-22)34(39)40-21-25-8-6-5-7-9-25)24(3)36(41-32)15-13-28-29-11-10-26-17-27(38)12-14-35(26,4)31(29)18-30(28)23(2)19-36;1-2(3)4;1-2-3;/h5-9,22,24,26,28-29,31-33,40H,10-21H2,1-4H3;5-9,22,24,26,28-29,31-33H,10-21H2,1-4H3;1H3,(H,3,4);2-3H;/q;;;;+1/p-1/b37-27+;;;;/t2*22-,24+,26+,28-,29-,31-,32+,33-,35-,36-;;;/m00.../s1. The molecule has 12 aliphatic rings. The van der Waals surface area contributed by atoms with E-state index < -0.39 is 5.97 Å². The zero-order valence-electron chi connectivity index (χ0n) is 56.3. The fourth-order valence-electron chi connectivity index (χ4n) is 21.8. The first-order chi connectivity index (χ1) is 43.0. The van der Waals surface area contributed by atoms with Crippen LogP contribution in [0.5, 0.6) is 0 Å². The van der Waals surface area contributed by atoms with Gasteiger partial charge in [-0.25, -0.2) is 9.59 Å². The molecule has 2 spiro atoms. The summed E-state index contributed by atoms with van der Waals surface area (Å²) in [7, 11) is 0. The fourth-order valence-corrected chi connectivity index (χ4v) is 21.8. The molecule has 2 aromatic rings. The van der Waals surface area contributed by atoms with Gasteiger partial charge < -0.3 is 49.1 Å². The Morgan fingerprint density at radius 1 is 0.659 bits per heavy atom. The number of carboxylic acid groups (broad SMARTS) is 1. The van der Waals surface area contributed by atoms with Crippen molar-refractivity contribution >= 4 is 41.4 Å². The quantitative estimate of drug-likeness (QED) is 0.0862. The van der Waals surface area contributed by atoms with Crippen LogP contribution in [0.4, 0.5) is 9.59 Å². The van der Waals surface area contributed by atoms with E-state index in [-0.39, 0.29) is 89.1 Å². The molecular weight excluding hydrogens is 1180 g/mol. The summed E-state index contributed by atoms with van der Waals surface area (Å²) in [5, 5.41) is 29.1. The summed E-state index contributed by atoms with van der Waals surface area (Å²) in [5.74, 6) is 6.34. The molecule has 0 bridgehead atoms. The predicted octanol–water partition coefficient (Wildman–Crippen LogP) is 11.6. The van der Waals surface area contributed by atoms with Crippen molar-refractivity contribution in [3.8, 4) is 0 Å². The average Bonchev–Trinajstić information content (AvgIpc) is 1.61. The van der Waals surface area contributed by atoms with E-state index in [1.165, 1.54) is 62.8 Å². The minimum atomic E-state index is -1.08. The normalized spacial score (nSPS) is 40.4. The molecule has 10 fully saturated rings. The number of nitrogens with one attached hydrogen (secondary N) is 1. The van der Waals surface area contributed by atoms with E-state index in [2.05, 4.69) is 72.3 Å². The molecule has 4 saturated heterocycles. The number of fused-ring (bicyclic) bond motifs is 12. The Morgan fingerprint density at radius 2 is 1.07 bits per heavy atom. The third-order valence-corrected chi connectivity index (χ3v) is 26.2. The minimum Gasteiger partial charge on any atom is -0.550 e. The number of rotatable bonds is 4. The van der Waals surface area contributed by atoms with Crippen molar-refractivity contribution in [2.24, 2.45) is 87.0 Å². The smallest absolute Gasteiger partial charge is 0.550 e. The molecule has 4 aliphatic heterocycles. The van der Waals surface area contributed by atoms with Gasteiger partial charge in [-0.3, -0.25) is 4.79 Å². The number of Topliss-reactive ketones (excluding diaryl/α,β-unsaturated/α-hetero) is 1. The van der Waals surface area contributed by atoms with Crippen molar-refractivity contribution in [2.45, 2.75) is 239 Å². The predicted molar refractivity (Wildman–Crippen MR) is 344 cm³/mol. The summed E-state index contributed by atoms with van der Waals surface area (Å²) < 4.78 is 26.1. The second-order valence-electron chi connectivity index (χ2n) is 31.0. The van der Waals surface area contributed by atoms with Crippen LogP contribution in [0.2, 0.25) is 0 Å². The van der Waals surface area contributed by atoms with Crippen LogP contribution in [-0.2, 0) is 41.8 Å². The number of carbonyl (C=O) groups is 4. The third-order valence-electron chi connectivity index (χ3n) is 26.2. The van der Waals surface area contributed by atoms with Gasteiger partial charge in [0, 0.05) is 55.5 Å². The Kier molecular flexibility index (Phi) is 22.2. The van der Waals surface area contributed by atoms with Crippen LogP contribution in [0.3, 0.4) is 0 Å². The maximum absolute atomic E-state index is 13.5. The number of ketones is 1. The largest absolute Gasteiger partial charge is 1.00 e. The SMILES string of the molecule is CC(=O)[O-].CC1=C2C[C@H]3[C@@H](CC[C@@H]4C/C(=N/O)CC[C@@]43C)[C@@H]2CC[C@@]2(C1)O[C@@H]1C[C@H](C)CN(C(=O)OCc3ccccc3)[C@H]1[C@H]2C.CC1=C2C[C@H]3[C@@H](CC[C@@H]4CC(=O)CC[C@@]43C)[C@@H]2CC[C@@]2(C1)O[C@@H]1C[C@H](C)CN(C(=O)OCc3ccccc3)[C@H]1[C@H]2C.ONCl.[Na+]. The van der Waals surface area contributed by atoms with Crippen molar-refractivity contribution in [1.29, 1.82) is 0 Å². The first kappa shape index (κ1) is 70.0.